The van der Waals surface area contributed by atoms with Gasteiger partial charge in [-0.25, -0.2) is 4.79 Å². The van der Waals surface area contributed by atoms with Crippen molar-refractivity contribution in [1.82, 2.24) is 4.90 Å². The number of para-hydroxylation sites is 1. The van der Waals surface area contributed by atoms with E-state index in [1.807, 2.05) is 49.4 Å². The largest absolute Gasteiger partial charge is 0.480 e. The first-order chi connectivity index (χ1) is 18.0. The highest BCUT2D eigenvalue weighted by atomic mass is 16.4. The van der Waals surface area contributed by atoms with Crippen LogP contribution in [0.1, 0.15) is 40.9 Å². The second kappa shape index (κ2) is 10.8. The van der Waals surface area contributed by atoms with Crippen LogP contribution in [0.3, 0.4) is 0 Å². The number of carboxylic acid groups (broad SMARTS) is 1. The van der Waals surface area contributed by atoms with Crippen molar-refractivity contribution in [2.24, 2.45) is 0 Å². The van der Waals surface area contributed by atoms with Gasteiger partial charge in [0.05, 0.1) is 12.0 Å². The van der Waals surface area contributed by atoms with Gasteiger partial charge in [0.15, 0.2) is 5.78 Å². The molecule has 0 aliphatic carbocycles. The average Bonchev–Trinajstić information content (AvgIpc) is 2.85. The van der Waals surface area contributed by atoms with Gasteiger partial charge in [-0.3, -0.25) is 14.4 Å². The molecule has 9 nitrogen and oxygen atoms in total. The van der Waals surface area contributed by atoms with Crippen LogP contribution in [0, 0.1) is 6.92 Å². The Morgan fingerprint density at radius 2 is 1.61 bits per heavy atom. The predicted octanol–water partition coefficient (Wildman–Crippen LogP) is 4.68. The summed E-state index contributed by atoms with van der Waals surface area (Å²) < 4.78 is 0. The number of nitrogens with one attached hydrogen (secondary N) is 3. The number of carbonyl (C=O) groups is 4. The van der Waals surface area contributed by atoms with Crippen LogP contribution in [0.15, 0.2) is 66.7 Å². The fourth-order valence-electron chi connectivity index (χ4n) is 4.38. The summed E-state index contributed by atoms with van der Waals surface area (Å²) >= 11 is 0. The molecule has 1 aliphatic rings. The van der Waals surface area contributed by atoms with Gasteiger partial charge >= 0.3 is 12.0 Å². The average molecular weight is 515 g/mol. The van der Waals surface area contributed by atoms with Crippen molar-refractivity contribution < 1.29 is 24.3 Å². The molecule has 0 spiro atoms. The van der Waals surface area contributed by atoms with E-state index in [0.717, 1.165) is 16.7 Å². The highest BCUT2D eigenvalue weighted by molar-refractivity contribution is 6.05. The Bertz CT molecular complexity index is 1400. The highest BCUT2D eigenvalue weighted by Gasteiger charge is 2.30. The number of ketones is 1. The van der Waals surface area contributed by atoms with Crippen LogP contribution >= 0.6 is 0 Å². The molecule has 196 valence electrons. The normalized spacial score (nSPS) is 12.9. The smallest absolute Gasteiger partial charge is 0.323 e. The second-order valence-corrected chi connectivity index (χ2v) is 9.85. The number of amides is 3. The highest BCUT2D eigenvalue weighted by Crippen LogP contribution is 2.27. The van der Waals surface area contributed by atoms with Crippen molar-refractivity contribution in [3.63, 3.8) is 0 Å². The molecule has 4 N–H and O–H groups in total. The number of fused-ring (bicyclic) bond motifs is 1. The summed E-state index contributed by atoms with van der Waals surface area (Å²) in [5.74, 6) is -1.43. The van der Waals surface area contributed by atoms with Crippen molar-refractivity contribution >= 4 is 40.8 Å². The molecule has 1 heterocycles. The van der Waals surface area contributed by atoms with E-state index in [-0.39, 0.29) is 37.2 Å². The molecule has 0 radical (unpaired) electrons. The Hall–Kier alpha value is -4.66. The summed E-state index contributed by atoms with van der Waals surface area (Å²) in [6.45, 7) is 5.37. The number of carbonyl (C=O) groups excluding carboxylic acids is 3. The third kappa shape index (κ3) is 6.18. The molecule has 38 heavy (non-hydrogen) atoms. The number of Topliss-reactive ketones (excluding diaryl/α,β-unsaturated/α-hetero) is 1. The fraction of sp³-hybridized carbons (Fsp3) is 0.241. The Balaban J connectivity index is 1.39. The van der Waals surface area contributed by atoms with E-state index in [9.17, 15) is 19.2 Å². The number of nitrogens with zero attached hydrogens (tertiary/aromatic N) is 1. The van der Waals surface area contributed by atoms with E-state index in [1.54, 1.807) is 38.1 Å². The summed E-state index contributed by atoms with van der Waals surface area (Å²) in [4.78, 5) is 50.3. The topological polar surface area (TPSA) is 128 Å². The lowest BCUT2D eigenvalue weighted by atomic mass is 9.92. The lowest BCUT2D eigenvalue weighted by Gasteiger charge is -2.30. The first kappa shape index (κ1) is 26.4. The zero-order valence-electron chi connectivity index (χ0n) is 21.5. The Labute approximate surface area is 220 Å². The minimum Gasteiger partial charge on any atom is -0.480 e. The number of aryl methyl sites for hydroxylation is 1. The van der Waals surface area contributed by atoms with E-state index in [4.69, 9.17) is 5.11 Å². The van der Waals surface area contributed by atoms with Gasteiger partial charge in [-0.1, -0.05) is 24.3 Å². The van der Waals surface area contributed by atoms with Gasteiger partial charge in [0.1, 0.15) is 6.54 Å². The molecule has 9 heteroatoms. The van der Waals surface area contributed by atoms with Crippen LogP contribution in [0.5, 0.6) is 0 Å². The van der Waals surface area contributed by atoms with Gasteiger partial charge in [-0.2, -0.15) is 0 Å². The maximum Gasteiger partial charge on any atom is 0.323 e. The van der Waals surface area contributed by atoms with E-state index in [2.05, 4.69) is 16.0 Å². The lowest BCUT2D eigenvalue weighted by molar-refractivity contribution is -0.145. The quantitative estimate of drug-likeness (QED) is 0.323. The first-order valence-corrected chi connectivity index (χ1v) is 12.2. The molecule has 4 rings (SSSR count). The first-order valence-electron chi connectivity index (χ1n) is 12.2. The number of benzene rings is 3. The number of aliphatic carboxylic acids is 1. The van der Waals surface area contributed by atoms with Gasteiger partial charge in [-0.15, -0.1) is 0 Å². The Morgan fingerprint density at radius 1 is 0.921 bits per heavy atom. The third-order valence-electron chi connectivity index (χ3n) is 6.41. The zero-order chi connectivity index (χ0) is 27.4. The van der Waals surface area contributed by atoms with Gasteiger partial charge in [-0.05, 0) is 79.9 Å². The molecular formula is C29H30N4O5. The number of anilines is 3. The predicted molar refractivity (Wildman–Crippen MR) is 145 cm³/mol. The second-order valence-electron chi connectivity index (χ2n) is 9.85. The number of hydrogen-bond acceptors (Lipinski definition) is 5. The lowest BCUT2D eigenvalue weighted by Crippen LogP contribution is -2.41. The maximum absolute atomic E-state index is 13.3. The summed E-state index contributed by atoms with van der Waals surface area (Å²) in [7, 11) is 0. The molecule has 3 aromatic rings. The van der Waals surface area contributed by atoms with Gasteiger partial charge in [0.25, 0.3) is 0 Å². The number of carboxylic acids is 1. The maximum atomic E-state index is 13.3. The van der Waals surface area contributed by atoms with E-state index < -0.39 is 11.5 Å². The summed E-state index contributed by atoms with van der Waals surface area (Å²) in [5, 5.41) is 17.8. The number of urea groups is 1. The van der Waals surface area contributed by atoms with E-state index in [0.29, 0.717) is 22.6 Å². The molecule has 1 aliphatic heterocycles. The molecule has 0 aromatic heterocycles. The van der Waals surface area contributed by atoms with Crippen molar-refractivity contribution in [3.05, 3.63) is 89.0 Å². The van der Waals surface area contributed by atoms with Crippen LogP contribution in [0.2, 0.25) is 0 Å². The SMILES string of the molecule is Cc1ccccc1NC(=O)Nc1ccc(C(=O)C(C)(C)Nc2ccc3c(c2)CC(=O)N(CC(=O)O)C3)cc1. The van der Waals surface area contributed by atoms with Crippen molar-refractivity contribution in [1.29, 1.82) is 0 Å². The van der Waals surface area contributed by atoms with Crippen molar-refractivity contribution in [2.45, 2.75) is 39.3 Å². The molecule has 0 saturated heterocycles. The number of hydrogen-bond donors (Lipinski definition) is 4. The minimum atomic E-state index is -1.05. The van der Waals surface area contributed by atoms with Crippen LogP contribution in [-0.2, 0) is 22.6 Å². The zero-order valence-corrected chi connectivity index (χ0v) is 21.5. The Kier molecular flexibility index (Phi) is 7.47. The standard InChI is InChI=1S/C29H30N4O5/c1-18-6-4-5-7-24(18)31-28(38)30-22-11-8-19(9-12-22)27(37)29(2,3)32-23-13-10-20-16-33(17-26(35)36)25(34)15-21(20)14-23/h4-14,32H,15-17H2,1-3H3,(H,35,36)(H2,30,31,38). The monoisotopic (exact) mass is 514 g/mol. The summed E-state index contributed by atoms with van der Waals surface area (Å²) in [6, 6.07) is 19.3. The molecule has 3 amide bonds. The van der Waals surface area contributed by atoms with Crippen LogP contribution in [-0.4, -0.2) is 45.8 Å². The molecule has 0 unspecified atom stereocenters. The summed E-state index contributed by atoms with van der Waals surface area (Å²) in [5.41, 5.74) is 4.11. The molecule has 3 aromatic carbocycles. The molecule has 0 saturated carbocycles. The fourth-order valence-corrected chi connectivity index (χ4v) is 4.38. The van der Waals surface area contributed by atoms with Crippen LogP contribution in [0.4, 0.5) is 21.9 Å². The Morgan fingerprint density at radius 3 is 2.29 bits per heavy atom. The molecule has 0 bridgehead atoms. The van der Waals surface area contributed by atoms with Crippen molar-refractivity contribution in [2.75, 3.05) is 22.5 Å². The van der Waals surface area contributed by atoms with E-state index >= 15 is 0 Å². The van der Waals surface area contributed by atoms with Gasteiger partial charge in [0, 0.05) is 29.2 Å². The van der Waals surface area contributed by atoms with Crippen LogP contribution < -0.4 is 16.0 Å². The minimum absolute atomic E-state index is 0.110. The molecule has 0 fully saturated rings. The molecular weight excluding hydrogens is 484 g/mol. The molecule has 0 atom stereocenters. The van der Waals surface area contributed by atoms with Crippen LogP contribution in [0.25, 0.3) is 0 Å². The van der Waals surface area contributed by atoms with Crippen molar-refractivity contribution in [3.8, 4) is 0 Å². The third-order valence-corrected chi connectivity index (χ3v) is 6.41. The summed E-state index contributed by atoms with van der Waals surface area (Å²) in [6.07, 6.45) is 0.110. The van der Waals surface area contributed by atoms with E-state index in [1.165, 1.54) is 4.90 Å². The number of rotatable bonds is 8. The van der Waals surface area contributed by atoms with Gasteiger partial charge < -0.3 is 26.0 Å². The van der Waals surface area contributed by atoms with Gasteiger partial charge in [0.2, 0.25) is 5.91 Å².